The highest BCUT2D eigenvalue weighted by Crippen LogP contribution is 2.22. The topological polar surface area (TPSA) is 82.4 Å². The van der Waals surface area contributed by atoms with Crippen molar-refractivity contribution in [2.75, 3.05) is 40.4 Å². The van der Waals surface area contributed by atoms with Crippen LogP contribution in [-0.4, -0.2) is 53.7 Å². The van der Waals surface area contributed by atoms with Crippen LogP contribution >= 0.6 is 11.6 Å². The van der Waals surface area contributed by atoms with Crippen LogP contribution in [0.15, 0.2) is 23.1 Å². The molecule has 0 spiro atoms. The van der Waals surface area contributed by atoms with Crippen LogP contribution in [0.5, 0.6) is 0 Å². The molecule has 8 heteroatoms. The number of benzene rings is 1. The van der Waals surface area contributed by atoms with E-state index in [2.05, 4.69) is 4.72 Å². The van der Waals surface area contributed by atoms with Gasteiger partial charge in [-0.15, -0.1) is 0 Å². The molecule has 0 aliphatic rings. The van der Waals surface area contributed by atoms with Crippen LogP contribution < -0.4 is 4.72 Å². The van der Waals surface area contributed by atoms with Crippen molar-refractivity contribution in [2.45, 2.75) is 4.90 Å². The number of nitrogens with one attached hydrogen (secondary N) is 1. The van der Waals surface area contributed by atoms with Gasteiger partial charge in [0, 0.05) is 13.1 Å². The van der Waals surface area contributed by atoms with Gasteiger partial charge in [0.05, 0.1) is 29.9 Å². The molecule has 0 aromatic heterocycles. The third-order valence-corrected chi connectivity index (χ3v) is 4.51. The minimum atomic E-state index is -3.75. The summed E-state index contributed by atoms with van der Waals surface area (Å²) in [5.74, 6) is 0. The van der Waals surface area contributed by atoms with Gasteiger partial charge in [-0.05, 0) is 32.3 Å². The maximum atomic E-state index is 12.1. The molecule has 0 saturated carbocycles. The van der Waals surface area contributed by atoms with Crippen molar-refractivity contribution < 1.29 is 13.2 Å². The fourth-order valence-electron chi connectivity index (χ4n) is 1.45. The Bertz CT molecular complexity index is 612. The predicted octanol–water partition coefficient (Wildman–Crippen LogP) is 1.07. The molecule has 0 atom stereocenters. The van der Waals surface area contributed by atoms with E-state index in [9.17, 15) is 8.42 Å². The lowest BCUT2D eigenvalue weighted by Gasteiger charge is -2.11. The van der Waals surface area contributed by atoms with Gasteiger partial charge in [-0.1, -0.05) is 11.6 Å². The number of nitriles is 1. The average Bonchev–Trinajstić information content (AvgIpc) is 2.42. The smallest absolute Gasteiger partial charge is 0.242 e. The molecule has 1 rings (SSSR count). The third-order valence-electron chi connectivity index (χ3n) is 2.57. The molecule has 1 aromatic rings. The molecule has 0 heterocycles. The normalized spacial score (nSPS) is 11.6. The van der Waals surface area contributed by atoms with Gasteiger partial charge in [0.2, 0.25) is 10.0 Å². The van der Waals surface area contributed by atoms with Gasteiger partial charge in [-0.25, -0.2) is 13.1 Å². The molecule has 0 saturated heterocycles. The van der Waals surface area contributed by atoms with E-state index in [1.807, 2.05) is 25.1 Å². The summed E-state index contributed by atoms with van der Waals surface area (Å²) in [6, 6.07) is 5.98. The molecule has 0 unspecified atom stereocenters. The number of hydrogen-bond acceptors (Lipinski definition) is 5. The maximum absolute atomic E-state index is 12.1. The zero-order valence-corrected chi connectivity index (χ0v) is 13.5. The van der Waals surface area contributed by atoms with Crippen LogP contribution in [-0.2, 0) is 14.8 Å². The van der Waals surface area contributed by atoms with Gasteiger partial charge in [0.1, 0.15) is 4.90 Å². The van der Waals surface area contributed by atoms with E-state index in [1.165, 1.54) is 18.2 Å². The second-order valence-electron chi connectivity index (χ2n) is 4.57. The molecule has 116 valence electrons. The Morgan fingerprint density at radius 1 is 1.38 bits per heavy atom. The van der Waals surface area contributed by atoms with Crippen LogP contribution in [0.25, 0.3) is 0 Å². The number of ether oxygens (including phenoxy) is 1. The van der Waals surface area contributed by atoms with Gasteiger partial charge >= 0.3 is 0 Å². The van der Waals surface area contributed by atoms with Crippen molar-refractivity contribution in [1.29, 1.82) is 5.26 Å². The molecule has 0 aliphatic heterocycles. The monoisotopic (exact) mass is 331 g/mol. The summed E-state index contributed by atoms with van der Waals surface area (Å²) in [6.45, 7) is 1.70. The van der Waals surface area contributed by atoms with Crippen molar-refractivity contribution in [3.63, 3.8) is 0 Å². The lowest BCUT2D eigenvalue weighted by molar-refractivity contribution is 0.122. The molecule has 0 aliphatic carbocycles. The first-order valence-electron chi connectivity index (χ1n) is 6.28. The van der Waals surface area contributed by atoms with E-state index >= 15 is 0 Å². The Labute approximate surface area is 130 Å². The quantitative estimate of drug-likeness (QED) is 0.720. The summed E-state index contributed by atoms with van der Waals surface area (Å²) < 4.78 is 31.9. The molecular formula is C13H18ClN3O3S. The number of sulfonamides is 1. The van der Waals surface area contributed by atoms with Crippen LogP contribution in [0.4, 0.5) is 0 Å². The van der Waals surface area contributed by atoms with Gasteiger partial charge in [-0.2, -0.15) is 5.26 Å². The van der Waals surface area contributed by atoms with Gasteiger partial charge in [0.15, 0.2) is 0 Å². The zero-order valence-electron chi connectivity index (χ0n) is 12.0. The summed E-state index contributed by atoms with van der Waals surface area (Å²) in [7, 11) is 0.103. The second-order valence-corrected chi connectivity index (χ2v) is 6.71. The highest BCUT2D eigenvalue weighted by atomic mass is 35.5. The van der Waals surface area contributed by atoms with E-state index in [1.54, 1.807) is 0 Å². The fraction of sp³-hybridized carbons (Fsp3) is 0.462. The average molecular weight is 332 g/mol. The zero-order chi connectivity index (χ0) is 15.9. The van der Waals surface area contributed by atoms with E-state index in [0.29, 0.717) is 6.61 Å². The second kappa shape index (κ2) is 8.32. The number of hydrogen-bond donors (Lipinski definition) is 1. The molecule has 1 N–H and O–H groups in total. The molecule has 1 aromatic carbocycles. The Morgan fingerprint density at radius 3 is 2.71 bits per heavy atom. The maximum Gasteiger partial charge on any atom is 0.242 e. The van der Waals surface area contributed by atoms with E-state index < -0.39 is 10.0 Å². The molecule has 6 nitrogen and oxygen atoms in total. The van der Waals surface area contributed by atoms with Crippen molar-refractivity contribution in [2.24, 2.45) is 0 Å². The minimum Gasteiger partial charge on any atom is -0.379 e. The van der Waals surface area contributed by atoms with Gasteiger partial charge in [-0.3, -0.25) is 0 Å². The summed E-state index contributed by atoms with van der Waals surface area (Å²) >= 11 is 5.87. The number of nitrogens with zero attached hydrogens (tertiary/aromatic N) is 2. The van der Waals surface area contributed by atoms with Crippen molar-refractivity contribution in [1.82, 2.24) is 9.62 Å². The van der Waals surface area contributed by atoms with E-state index in [-0.39, 0.29) is 28.6 Å². The summed E-state index contributed by atoms with van der Waals surface area (Å²) in [6.07, 6.45) is 0. The number of rotatable bonds is 8. The first kappa shape index (κ1) is 17.9. The lowest BCUT2D eigenvalue weighted by Crippen LogP contribution is -2.28. The third kappa shape index (κ3) is 5.99. The molecule has 21 heavy (non-hydrogen) atoms. The Balaban J connectivity index is 2.56. The highest BCUT2D eigenvalue weighted by Gasteiger charge is 2.18. The van der Waals surface area contributed by atoms with Crippen LogP contribution in [0.3, 0.4) is 0 Å². The van der Waals surface area contributed by atoms with Gasteiger partial charge in [0.25, 0.3) is 0 Å². The fourth-order valence-corrected chi connectivity index (χ4v) is 2.99. The predicted molar refractivity (Wildman–Crippen MR) is 80.7 cm³/mol. The van der Waals surface area contributed by atoms with E-state index in [0.717, 1.165) is 6.54 Å². The highest BCUT2D eigenvalue weighted by molar-refractivity contribution is 7.89. The minimum absolute atomic E-state index is 0.0787. The molecule has 0 amide bonds. The summed E-state index contributed by atoms with van der Waals surface area (Å²) in [5.41, 5.74) is 0.238. The van der Waals surface area contributed by atoms with Gasteiger partial charge < -0.3 is 9.64 Å². The standard InChI is InChI=1S/C13H18ClN3O3S/c1-17(2)6-8-20-7-5-16-21(18,19)13-9-11(10-15)3-4-12(13)14/h3-4,9,16H,5-8H2,1-2H3. The molecular weight excluding hydrogens is 314 g/mol. The Kier molecular flexibility index (Phi) is 7.08. The van der Waals surface area contributed by atoms with E-state index in [4.69, 9.17) is 21.6 Å². The van der Waals surface area contributed by atoms with Crippen LogP contribution in [0, 0.1) is 11.3 Å². The Morgan fingerprint density at radius 2 is 2.10 bits per heavy atom. The van der Waals surface area contributed by atoms with Crippen molar-refractivity contribution >= 4 is 21.6 Å². The number of halogens is 1. The lowest BCUT2D eigenvalue weighted by atomic mass is 10.2. The van der Waals surface area contributed by atoms with Crippen molar-refractivity contribution in [3.8, 4) is 6.07 Å². The number of likely N-dealkylation sites (N-methyl/N-ethyl adjacent to an activating group) is 1. The molecule has 0 fully saturated rings. The first-order valence-corrected chi connectivity index (χ1v) is 8.14. The largest absolute Gasteiger partial charge is 0.379 e. The molecule has 0 bridgehead atoms. The summed E-state index contributed by atoms with van der Waals surface area (Å²) in [5, 5.41) is 8.88. The Hall–Kier alpha value is -1.17. The van der Waals surface area contributed by atoms with Crippen LogP contribution in [0.1, 0.15) is 5.56 Å². The SMILES string of the molecule is CN(C)CCOCCNS(=O)(=O)c1cc(C#N)ccc1Cl. The molecule has 0 radical (unpaired) electrons. The summed E-state index contributed by atoms with van der Waals surface area (Å²) in [4.78, 5) is 1.87. The van der Waals surface area contributed by atoms with Crippen LogP contribution in [0.2, 0.25) is 5.02 Å². The van der Waals surface area contributed by atoms with Crippen molar-refractivity contribution in [3.05, 3.63) is 28.8 Å². The first-order chi connectivity index (χ1) is 9.86.